The molecule has 0 fully saturated rings. The van der Waals surface area contributed by atoms with Crippen molar-refractivity contribution in [3.05, 3.63) is 45.8 Å². The molecule has 7 heteroatoms. The Morgan fingerprint density at radius 1 is 1.42 bits per heavy atom. The van der Waals surface area contributed by atoms with E-state index in [1.807, 2.05) is 13.8 Å². The first-order chi connectivity index (χ1) is 8.80. The quantitative estimate of drug-likeness (QED) is 0.669. The van der Waals surface area contributed by atoms with Gasteiger partial charge in [0, 0.05) is 6.07 Å². The lowest BCUT2D eigenvalue weighted by molar-refractivity contribution is -0.385. The van der Waals surface area contributed by atoms with Gasteiger partial charge in [-0.05, 0) is 26.8 Å². The summed E-state index contributed by atoms with van der Waals surface area (Å²) in [5.74, 6) is 0. The summed E-state index contributed by atoms with van der Waals surface area (Å²) in [6.07, 6.45) is 1.69. The van der Waals surface area contributed by atoms with Crippen molar-refractivity contribution in [3.63, 3.8) is 0 Å². The van der Waals surface area contributed by atoms with E-state index in [0.29, 0.717) is 16.9 Å². The molecule has 1 aromatic heterocycles. The van der Waals surface area contributed by atoms with Crippen LogP contribution in [0.5, 0.6) is 0 Å². The molecule has 2 aromatic rings. The normalized spacial score (nSPS) is 11.6. The topological polar surface area (TPSA) is 99.9 Å². The fourth-order valence-corrected chi connectivity index (χ4v) is 1.73. The van der Waals surface area contributed by atoms with Crippen molar-refractivity contribution in [1.82, 2.24) is 15.0 Å². The molecule has 0 saturated heterocycles. The Labute approximate surface area is 110 Å². The van der Waals surface area contributed by atoms with E-state index in [-0.39, 0.29) is 5.69 Å². The number of nitro benzene ring substituents is 1. The Balaban J connectivity index is 2.51. The molecule has 0 aliphatic rings. The molecule has 7 nitrogen and oxygen atoms in total. The number of hydrogen-bond donors (Lipinski definition) is 1. The van der Waals surface area contributed by atoms with E-state index in [9.17, 15) is 10.1 Å². The zero-order valence-electron chi connectivity index (χ0n) is 11.0. The highest BCUT2D eigenvalue weighted by atomic mass is 16.6. The Kier molecular flexibility index (Phi) is 3.07. The van der Waals surface area contributed by atoms with Crippen molar-refractivity contribution in [3.8, 4) is 5.69 Å². The number of nitrogens with two attached hydrogens (primary N) is 1. The summed E-state index contributed by atoms with van der Waals surface area (Å²) in [5, 5.41) is 18.9. The smallest absolute Gasteiger partial charge is 0.274 e. The molecule has 0 amide bonds. The molecule has 0 unspecified atom stereocenters. The average Bonchev–Trinajstić information content (AvgIpc) is 2.77. The van der Waals surface area contributed by atoms with E-state index in [4.69, 9.17) is 5.73 Å². The van der Waals surface area contributed by atoms with Gasteiger partial charge >= 0.3 is 0 Å². The SMILES string of the molecule is Cc1c(-n2cc(C(C)(C)N)nn2)cccc1[N+](=O)[O-]. The Morgan fingerprint density at radius 3 is 2.63 bits per heavy atom. The predicted octanol–water partition coefficient (Wildman–Crippen LogP) is 1.68. The largest absolute Gasteiger partial charge is 0.320 e. The molecule has 0 spiro atoms. The first-order valence-corrected chi connectivity index (χ1v) is 5.77. The number of aromatic nitrogens is 3. The molecule has 19 heavy (non-hydrogen) atoms. The molecule has 2 rings (SSSR count). The lowest BCUT2D eigenvalue weighted by Crippen LogP contribution is -2.29. The average molecular weight is 261 g/mol. The van der Waals surface area contributed by atoms with Crippen molar-refractivity contribution in [2.45, 2.75) is 26.3 Å². The molecular weight excluding hydrogens is 246 g/mol. The van der Waals surface area contributed by atoms with Crippen LogP contribution in [0.3, 0.4) is 0 Å². The fraction of sp³-hybridized carbons (Fsp3) is 0.333. The fourth-order valence-electron chi connectivity index (χ4n) is 1.73. The van der Waals surface area contributed by atoms with E-state index in [1.165, 1.54) is 10.7 Å². The van der Waals surface area contributed by atoms with E-state index in [0.717, 1.165) is 0 Å². The van der Waals surface area contributed by atoms with Crippen LogP contribution in [0.4, 0.5) is 5.69 Å². The van der Waals surface area contributed by atoms with Crippen LogP contribution in [0.15, 0.2) is 24.4 Å². The van der Waals surface area contributed by atoms with Crippen molar-refractivity contribution < 1.29 is 4.92 Å². The summed E-state index contributed by atoms with van der Waals surface area (Å²) < 4.78 is 1.51. The van der Waals surface area contributed by atoms with Gasteiger partial charge in [0.1, 0.15) is 5.69 Å². The highest BCUT2D eigenvalue weighted by Gasteiger charge is 2.20. The minimum absolute atomic E-state index is 0.0570. The van der Waals surface area contributed by atoms with Crippen LogP contribution in [0.25, 0.3) is 5.69 Å². The van der Waals surface area contributed by atoms with Gasteiger partial charge in [-0.15, -0.1) is 5.10 Å². The van der Waals surface area contributed by atoms with Crippen LogP contribution in [0, 0.1) is 17.0 Å². The predicted molar refractivity (Wildman–Crippen MR) is 70.0 cm³/mol. The van der Waals surface area contributed by atoms with Crippen molar-refractivity contribution in [2.24, 2.45) is 5.73 Å². The standard InChI is InChI=1S/C12H15N5O2/c1-8-9(5-4-6-10(8)17(18)19)16-7-11(14-15-16)12(2,3)13/h4-7H,13H2,1-3H3. The van der Waals surface area contributed by atoms with E-state index >= 15 is 0 Å². The maximum atomic E-state index is 10.9. The van der Waals surface area contributed by atoms with Crippen molar-refractivity contribution in [1.29, 1.82) is 0 Å². The summed E-state index contributed by atoms with van der Waals surface area (Å²) >= 11 is 0. The monoisotopic (exact) mass is 261 g/mol. The maximum Gasteiger partial charge on any atom is 0.274 e. The van der Waals surface area contributed by atoms with Crippen molar-refractivity contribution >= 4 is 5.69 Å². The highest BCUT2D eigenvalue weighted by molar-refractivity contribution is 5.52. The molecule has 0 aliphatic carbocycles. The Bertz CT molecular complexity index is 627. The second-order valence-electron chi connectivity index (χ2n) is 4.95. The van der Waals surface area contributed by atoms with Gasteiger partial charge in [-0.25, -0.2) is 4.68 Å². The first-order valence-electron chi connectivity index (χ1n) is 5.77. The van der Waals surface area contributed by atoms with E-state index < -0.39 is 10.5 Å². The Hall–Kier alpha value is -2.28. The maximum absolute atomic E-state index is 10.9. The molecule has 0 atom stereocenters. The van der Waals surface area contributed by atoms with Gasteiger partial charge in [0.2, 0.25) is 0 Å². The number of nitrogens with zero attached hydrogens (tertiary/aromatic N) is 4. The van der Waals surface area contributed by atoms with Crippen LogP contribution in [0.2, 0.25) is 0 Å². The van der Waals surface area contributed by atoms with Crippen LogP contribution < -0.4 is 5.73 Å². The third-order valence-corrected chi connectivity index (χ3v) is 2.87. The minimum Gasteiger partial charge on any atom is -0.320 e. The lowest BCUT2D eigenvalue weighted by atomic mass is 10.0. The minimum atomic E-state index is -0.604. The first kappa shape index (κ1) is 13.2. The summed E-state index contributed by atoms with van der Waals surface area (Å²) in [6, 6.07) is 4.84. The number of rotatable bonds is 3. The summed E-state index contributed by atoms with van der Waals surface area (Å²) in [6.45, 7) is 5.33. The molecule has 0 saturated carbocycles. The highest BCUT2D eigenvalue weighted by Crippen LogP contribution is 2.24. The molecule has 0 aliphatic heterocycles. The second-order valence-corrected chi connectivity index (χ2v) is 4.95. The summed E-state index contributed by atoms with van der Waals surface area (Å²) in [4.78, 5) is 10.5. The third kappa shape index (κ3) is 2.45. The van der Waals surface area contributed by atoms with Crippen LogP contribution in [-0.4, -0.2) is 19.9 Å². The number of nitro groups is 1. The van der Waals surface area contributed by atoms with Gasteiger partial charge in [-0.2, -0.15) is 0 Å². The molecule has 1 heterocycles. The molecule has 100 valence electrons. The van der Waals surface area contributed by atoms with Crippen LogP contribution in [0.1, 0.15) is 25.1 Å². The molecule has 0 bridgehead atoms. The van der Waals surface area contributed by atoms with Gasteiger partial charge in [0.05, 0.1) is 27.9 Å². The summed E-state index contributed by atoms with van der Waals surface area (Å²) in [7, 11) is 0. The van der Waals surface area contributed by atoms with Crippen LogP contribution in [-0.2, 0) is 5.54 Å². The van der Waals surface area contributed by atoms with Gasteiger partial charge in [-0.3, -0.25) is 10.1 Å². The van der Waals surface area contributed by atoms with E-state index in [1.54, 1.807) is 25.3 Å². The zero-order chi connectivity index (χ0) is 14.2. The Morgan fingerprint density at radius 2 is 2.11 bits per heavy atom. The lowest BCUT2D eigenvalue weighted by Gasteiger charge is -2.13. The molecule has 2 N–H and O–H groups in total. The van der Waals surface area contributed by atoms with Gasteiger partial charge in [0.15, 0.2) is 0 Å². The zero-order valence-corrected chi connectivity index (χ0v) is 11.0. The van der Waals surface area contributed by atoms with E-state index in [2.05, 4.69) is 10.3 Å². The molecule has 0 radical (unpaired) electrons. The number of hydrogen-bond acceptors (Lipinski definition) is 5. The van der Waals surface area contributed by atoms with Crippen molar-refractivity contribution in [2.75, 3.05) is 0 Å². The van der Waals surface area contributed by atoms with Crippen LogP contribution >= 0.6 is 0 Å². The summed E-state index contributed by atoms with van der Waals surface area (Å²) in [5.41, 5.74) is 7.18. The molecule has 1 aromatic carbocycles. The third-order valence-electron chi connectivity index (χ3n) is 2.87. The molecular formula is C12H15N5O2. The second kappa shape index (κ2) is 4.43. The number of benzene rings is 1. The van der Waals surface area contributed by atoms with Gasteiger partial charge in [0.25, 0.3) is 5.69 Å². The van der Waals surface area contributed by atoms with Gasteiger partial charge < -0.3 is 5.73 Å². The van der Waals surface area contributed by atoms with Gasteiger partial charge in [-0.1, -0.05) is 11.3 Å².